The van der Waals surface area contributed by atoms with Gasteiger partial charge in [0.15, 0.2) is 4.32 Å². The summed E-state index contributed by atoms with van der Waals surface area (Å²) in [5, 5.41) is 2.44. The molecule has 1 atom stereocenters. The minimum Gasteiger partial charge on any atom is -0.494 e. The number of nitrogens with zero attached hydrogens (tertiary/aromatic N) is 1. The Bertz CT molecular complexity index is 1070. The summed E-state index contributed by atoms with van der Waals surface area (Å²) in [4.78, 5) is 26.3. The normalized spacial score (nSPS) is 16.2. The van der Waals surface area contributed by atoms with E-state index in [0.717, 1.165) is 11.3 Å². The van der Waals surface area contributed by atoms with Gasteiger partial charge < -0.3 is 14.8 Å². The maximum absolute atomic E-state index is 13.0. The summed E-state index contributed by atoms with van der Waals surface area (Å²) in [6, 6.07) is 13.9. The first-order chi connectivity index (χ1) is 15.6. The zero-order valence-corrected chi connectivity index (χ0v) is 21.4. The highest BCUT2D eigenvalue weighted by molar-refractivity contribution is 8.27. The zero-order chi connectivity index (χ0) is 24.2. The first-order valence-corrected chi connectivity index (χ1v) is 12.1. The lowest BCUT2D eigenvalue weighted by atomic mass is 10.2. The number of thiocarbonyl (C=S) groups is 1. The van der Waals surface area contributed by atoms with Gasteiger partial charge in [0.05, 0.1) is 17.2 Å². The summed E-state index contributed by atoms with van der Waals surface area (Å²) < 4.78 is 9.62. The van der Waals surface area contributed by atoms with E-state index in [1.165, 1.54) is 23.6 Å². The Morgan fingerprint density at radius 2 is 1.76 bits per heavy atom. The van der Waals surface area contributed by atoms with Crippen LogP contribution in [0.4, 0.5) is 5.69 Å². The molecule has 0 bridgehead atoms. The largest absolute Gasteiger partial charge is 0.494 e. The van der Waals surface area contributed by atoms with Gasteiger partial charge in [-0.25, -0.2) is 0 Å². The number of thioether (sulfide) groups is 1. The molecule has 3 rings (SSSR count). The lowest BCUT2D eigenvalue weighted by Gasteiger charge is -2.25. The molecule has 2 aromatic rings. The van der Waals surface area contributed by atoms with E-state index in [-0.39, 0.29) is 5.91 Å². The smallest absolute Gasteiger partial charge is 0.270 e. The Morgan fingerprint density at radius 3 is 2.30 bits per heavy atom. The van der Waals surface area contributed by atoms with Crippen molar-refractivity contribution in [3.63, 3.8) is 0 Å². The molecule has 174 valence electrons. The van der Waals surface area contributed by atoms with Crippen LogP contribution in [-0.4, -0.2) is 32.8 Å². The van der Waals surface area contributed by atoms with E-state index >= 15 is 0 Å². The highest BCUT2D eigenvalue weighted by Crippen LogP contribution is 2.37. The Labute approximate surface area is 216 Å². The summed E-state index contributed by atoms with van der Waals surface area (Å²) in [5.41, 5.74) is 1.42. The second-order valence-corrected chi connectivity index (χ2v) is 10.8. The summed E-state index contributed by atoms with van der Waals surface area (Å²) in [6.45, 7) is 3.76. The fourth-order valence-electron chi connectivity index (χ4n) is 2.84. The van der Waals surface area contributed by atoms with Gasteiger partial charge in [-0.1, -0.05) is 70.9 Å². The van der Waals surface area contributed by atoms with Crippen LogP contribution in [0.5, 0.6) is 11.5 Å². The van der Waals surface area contributed by atoms with E-state index in [2.05, 4.69) is 5.32 Å². The van der Waals surface area contributed by atoms with Gasteiger partial charge in [0.2, 0.25) is 15.9 Å². The van der Waals surface area contributed by atoms with Crippen molar-refractivity contribution in [2.24, 2.45) is 0 Å². The van der Waals surface area contributed by atoms with Crippen molar-refractivity contribution in [1.29, 1.82) is 0 Å². The van der Waals surface area contributed by atoms with Gasteiger partial charge in [0.25, 0.3) is 5.91 Å². The van der Waals surface area contributed by atoms with E-state index in [4.69, 9.17) is 56.5 Å². The standard InChI is InChI=1S/C22H19Cl3N2O4S2/c1-3-30-16-10-6-15(7-11-16)27-19(29)18(33-21(27)32)12-14-4-8-17(9-5-14)31-20(22(23,24)25)26-13(2)28/h4-12,20H,3H2,1-2H3,(H,26,28)/b18-12-. The van der Waals surface area contributed by atoms with Crippen LogP contribution in [0.15, 0.2) is 53.4 Å². The Kier molecular flexibility index (Phi) is 8.53. The molecule has 0 radical (unpaired) electrons. The minimum atomic E-state index is -1.86. The molecule has 2 aromatic carbocycles. The van der Waals surface area contributed by atoms with Crippen molar-refractivity contribution < 1.29 is 19.1 Å². The number of ether oxygens (including phenoxy) is 2. The highest BCUT2D eigenvalue weighted by atomic mass is 35.6. The van der Waals surface area contributed by atoms with Gasteiger partial charge in [-0.2, -0.15) is 0 Å². The van der Waals surface area contributed by atoms with Crippen molar-refractivity contribution in [3.05, 3.63) is 59.0 Å². The molecule has 1 heterocycles. The van der Waals surface area contributed by atoms with Gasteiger partial charge in [-0.05, 0) is 55.0 Å². The highest BCUT2D eigenvalue weighted by Gasteiger charge is 2.36. The van der Waals surface area contributed by atoms with Gasteiger partial charge in [0.1, 0.15) is 11.5 Å². The van der Waals surface area contributed by atoms with Gasteiger partial charge in [-0.15, -0.1) is 0 Å². The van der Waals surface area contributed by atoms with Gasteiger partial charge in [0, 0.05) is 6.92 Å². The van der Waals surface area contributed by atoms with Crippen molar-refractivity contribution in [2.75, 3.05) is 11.5 Å². The number of alkyl halides is 3. The number of anilines is 1. The molecule has 1 fully saturated rings. The zero-order valence-electron chi connectivity index (χ0n) is 17.5. The molecular weight excluding hydrogens is 527 g/mol. The lowest BCUT2D eigenvalue weighted by Crippen LogP contribution is -2.47. The molecule has 1 saturated heterocycles. The molecule has 11 heteroatoms. The SMILES string of the molecule is CCOc1ccc(N2C(=O)/C(=C/c3ccc(OC(NC(C)=O)C(Cl)(Cl)Cl)cc3)SC2=S)cc1. The molecule has 6 nitrogen and oxygen atoms in total. The fraction of sp³-hybridized carbons (Fsp3) is 0.227. The van der Waals surface area contributed by atoms with Crippen LogP contribution in [0.3, 0.4) is 0 Å². The Hall–Kier alpha value is -1.97. The predicted molar refractivity (Wildman–Crippen MR) is 138 cm³/mol. The third-order valence-corrected chi connectivity index (χ3v) is 6.16. The van der Waals surface area contributed by atoms with Crippen molar-refractivity contribution in [3.8, 4) is 11.5 Å². The number of carbonyl (C=O) groups excluding carboxylic acids is 2. The van der Waals surface area contributed by atoms with Crippen LogP contribution in [-0.2, 0) is 9.59 Å². The number of carbonyl (C=O) groups is 2. The van der Waals surface area contributed by atoms with Crippen LogP contribution < -0.4 is 19.7 Å². The fourth-order valence-corrected chi connectivity index (χ4v) is 4.44. The maximum atomic E-state index is 13.0. The minimum absolute atomic E-state index is 0.212. The quantitative estimate of drug-likeness (QED) is 0.208. The van der Waals surface area contributed by atoms with E-state index in [9.17, 15) is 9.59 Å². The number of halogens is 3. The summed E-state index contributed by atoms with van der Waals surface area (Å²) in [7, 11) is 0. The molecule has 2 amide bonds. The molecule has 0 saturated carbocycles. The van der Waals surface area contributed by atoms with Gasteiger partial charge >= 0.3 is 0 Å². The van der Waals surface area contributed by atoms with Crippen LogP contribution >= 0.6 is 58.8 Å². The molecular formula is C22H19Cl3N2O4S2. The average Bonchev–Trinajstić information content (AvgIpc) is 3.02. The third kappa shape index (κ3) is 6.77. The van der Waals surface area contributed by atoms with E-state index in [0.29, 0.717) is 27.3 Å². The topological polar surface area (TPSA) is 67.9 Å². The number of nitrogens with one attached hydrogen (secondary N) is 1. The number of amides is 2. The van der Waals surface area contributed by atoms with Crippen LogP contribution in [0.25, 0.3) is 6.08 Å². The van der Waals surface area contributed by atoms with Crippen molar-refractivity contribution in [2.45, 2.75) is 23.9 Å². The summed E-state index contributed by atoms with van der Waals surface area (Å²) in [5.74, 6) is 0.480. The second kappa shape index (κ2) is 11.0. The van der Waals surface area contributed by atoms with Crippen LogP contribution in [0, 0.1) is 0 Å². The monoisotopic (exact) mass is 544 g/mol. The van der Waals surface area contributed by atoms with Crippen LogP contribution in [0.2, 0.25) is 0 Å². The van der Waals surface area contributed by atoms with Crippen molar-refractivity contribution in [1.82, 2.24) is 5.32 Å². The third-order valence-electron chi connectivity index (χ3n) is 4.26. The number of hydrogen-bond acceptors (Lipinski definition) is 6. The summed E-state index contributed by atoms with van der Waals surface area (Å²) in [6.07, 6.45) is 0.564. The molecule has 0 spiro atoms. The second-order valence-electron chi connectivity index (χ2n) is 6.75. The molecule has 1 aliphatic rings. The lowest BCUT2D eigenvalue weighted by molar-refractivity contribution is -0.121. The number of benzene rings is 2. The Morgan fingerprint density at radius 1 is 1.15 bits per heavy atom. The van der Waals surface area contributed by atoms with Crippen LogP contribution in [0.1, 0.15) is 19.4 Å². The van der Waals surface area contributed by atoms with Crippen molar-refractivity contribution >= 4 is 86.7 Å². The molecule has 1 aliphatic heterocycles. The van der Waals surface area contributed by atoms with E-state index < -0.39 is 15.9 Å². The number of rotatable bonds is 7. The molecule has 0 aliphatic carbocycles. The van der Waals surface area contributed by atoms with Gasteiger partial charge in [-0.3, -0.25) is 14.5 Å². The number of hydrogen-bond donors (Lipinski definition) is 1. The summed E-state index contributed by atoms with van der Waals surface area (Å²) >= 11 is 24.3. The molecule has 0 aromatic heterocycles. The molecule has 1 N–H and O–H groups in total. The molecule has 1 unspecified atom stereocenters. The molecule has 33 heavy (non-hydrogen) atoms. The van der Waals surface area contributed by atoms with E-state index in [1.54, 1.807) is 54.6 Å². The first kappa shape index (κ1) is 25.6. The maximum Gasteiger partial charge on any atom is 0.270 e. The average molecular weight is 546 g/mol. The predicted octanol–water partition coefficient (Wildman–Crippen LogP) is 5.70. The van der Waals surface area contributed by atoms with E-state index in [1.807, 2.05) is 6.92 Å². The Balaban J connectivity index is 1.73. The first-order valence-electron chi connectivity index (χ1n) is 9.70.